The molecule has 0 spiro atoms. The number of hydrogen-bond donors (Lipinski definition) is 0. The van der Waals surface area contributed by atoms with Gasteiger partial charge in [-0.1, -0.05) is 30.3 Å². The summed E-state index contributed by atoms with van der Waals surface area (Å²) < 4.78 is 13.1. The summed E-state index contributed by atoms with van der Waals surface area (Å²) in [5.41, 5.74) is 1.06. The molecule has 0 aromatic heterocycles. The number of amides is 1. The topological polar surface area (TPSA) is 20.3 Å². The lowest BCUT2D eigenvalue weighted by atomic mass is 10.1. The van der Waals surface area contributed by atoms with Crippen molar-refractivity contribution in [3.63, 3.8) is 0 Å². The van der Waals surface area contributed by atoms with Crippen LogP contribution in [0.4, 0.5) is 4.39 Å². The molecule has 0 aliphatic carbocycles. The van der Waals surface area contributed by atoms with Crippen LogP contribution in [0.5, 0.6) is 0 Å². The van der Waals surface area contributed by atoms with Gasteiger partial charge in [0.1, 0.15) is 0 Å². The highest BCUT2D eigenvalue weighted by Crippen LogP contribution is 2.26. The summed E-state index contributed by atoms with van der Waals surface area (Å²) >= 11 is 0. The van der Waals surface area contributed by atoms with Crippen LogP contribution in [0.2, 0.25) is 0 Å². The van der Waals surface area contributed by atoms with Crippen LogP contribution in [0.25, 0.3) is 0 Å². The molecule has 1 aromatic carbocycles. The van der Waals surface area contributed by atoms with E-state index in [9.17, 15) is 9.18 Å². The van der Waals surface area contributed by atoms with E-state index in [4.69, 9.17) is 0 Å². The monoisotopic (exact) mass is 207 g/mol. The summed E-state index contributed by atoms with van der Waals surface area (Å²) in [6.07, 6.45) is -0.966. The second-order valence-electron chi connectivity index (χ2n) is 3.87. The molecule has 1 fully saturated rings. The van der Waals surface area contributed by atoms with Gasteiger partial charge < -0.3 is 4.90 Å². The van der Waals surface area contributed by atoms with Gasteiger partial charge in [0.05, 0.1) is 6.04 Å². The number of alkyl halides is 1. The van der Waals surface area contributed by atoms with E-state index >= 15 is 0 Å². The number of nitrogens with zero attached hydrogens (tertiary/aromatic N) is 1. The van der Waals surface area contributed by atoms with Crippen LogP contribution in [-0.2, 0) is 4.79 Å². The zero-order valence-electron chi connectivity index (χ0n) is 8.69. The van der Waals surface area contributed by atoms with Gasteiger partial charge in [-0.05, 0) is 12.5 Å². The van der Waals surface area contributed by atoms with Crippen LogP contribution in [0.1, 0.15) is 24.9 Å². The Labute approximate surface area is 88.7 Å². The average Bonchev–Trinajstić information content (AvgIpc) is 2.60. The fraction of sp³-hybridized carbons (Fsp3) is 0.417. The number of benzene rings is 1. The number of likely N-dealkylation sites (tertiary alicyclic amines) is 1. The predicted molar refractivity (Wildman–Crippen MR) is 56.1 cm³/mol. The van der Waals surface area contributed by atoms with E-state index < -0.39 is 6.17 Å². The van der Waals surface area contributed by atoms with Gasteiger partial charge in [0.2, 0.25) is 0 Å². The number of rotatable bonds is 2. The SMILES string of the molecule is C[C@@H](c1ccccc1)N1CCC(F)C1=O. The Morgan fingerprint density at radius 3 is 2.60 bits per heavy atom. The van der Waals surface area contributed by atoms with E-state index in [-0.39, 0.29) is 11.9 Å². The first kappa shape index (κ1) is 10.1. The first-order chi connectivity index (χ1) is 7.20. The Bertz CT molecular complexity index is 352. The number of carbonyl (C=O) groups excluding carboxylic acids is 1. The highest BCUT2D eigenvalue weighted by molar-refractivity contribution is 5.83. The third kappa shape index (κ3) is 1.87. The van der Waals surface area contributed by atoms with E-state index in [2.05, 4.69) is 0 Å². The number of halogens is 1. The van der Waals surface area contributed by atoms with Crippen molar-refractivity contribution in [1.82, 2.24) is 4.90 Å². The zero-order chi connectivity index (χ0) is 10.8. The molecule has 15 heavy (non-hydrogen) atoms. The lowest BCUT2D eigenvalue weighted by Crippen LogP contribution is -2.30. The minimum absolute atomic E-state index is 0.0283. The van der Waals surface area contributed by atoms with Crippen molar-refractivity contribution in [1.29, 1.82) is 0 Å². The quantitative estimate of drug-likeness (QED) is 0.728. The van der Waals surface area contributed by atoms with Gasteiger partial charge in [-0.15, -0.1) is 0 Å². The minimum Gasteiger partial charge on any atom is -0.333 e. The molecule has 0 radical (unpaired) electrons. The fourth-order valence-corrected chi connectivity index (χ4v) is 1.96. The molecule has 1 aliphatic heterocycles. The first-order valence-corrected chi connectivity index (χ1v) is 5.19. The maximum absolute atomic E-state index is 13.1. The van der Waals surface area contributed by atoms with E-state index in [0.29, 0.717) is 13.0 Å². The third-order valence-electron chi connectivity index (χ3n) is 2.92. The molecule has 0 saturated carbocycles. The summed E-state index contributed by atoms with van der Waals surface area (Å²) in [5, 5.41) is 0. The second-order valence-corrected chi connectivity index (χ2v) is 3.87. The molecule has 1 heterocycles. The van der Waals surface area contributed by atoms with Crippen molar-refractivity contribution in [3.8, 4) is 0 Å². The molecule has 0 N–H and O–H groups in total. The fourth-order valence-electron chi connectivity index (χ4n) is 1.96. The van der Waals surface area contributed by atoms with Crippen molar-refractivity contribution in [3.05, 3.63) is 35.9 Å². The molecule has 1 unspecified atom stereocenters. The molecule has 2 rings (SSSR count). The molecule has 2 nitrogen and oxygen atoms in total. The number of carbonyl (C=O) groups is 1. The van der Waals surface area contributed by atoms with Gasteiger partial charge in [0, 0.05) is 13.0 Å². The lowest BCUT2D eigenvalue weighted by Gasteiger charge is -2.24. The summed E-state index contributed by atoms with van der Waals surface area (Å²) in [5.74, 6) is -0.369. The van der Waals surface area contributed by atoms with Crippen LogP contribution in [0.15, 0.2) is 30.3 Å². The summed E-state index contributed by atoms with van der Waals surface area (Å²) in [6, 6.07) is 9.69. The zero-order valence-corrected chi connectivity index (χ0v) is 8.69. The molecule has 1 saturated heterocycles. The van der Waals surface area contributed by atoms with Crippen molar-refractivity contribution < 1.29 is 9.18 Å². The Morgan fingerprint density at radius 2 is 2.07 bits per heavy atom. The van der Waals surface area contributed by atoms with Crippen molar-refractivity contribution in [2.45, 2.75) is 25.6 Å². The smallest absolute Gasteiger partial charge is 0.257 e. The van der Waals surface area contributed by atoms with Gasteiger partial charge in [-0.25, -0.2) is 4.39 Å². The Hall–Kier alpha value is -1.38. The van der Waals surface area contributed by atoms with Gasteiger partial charge in [-0.2, -0.15) is 0 Å². The maximum Gasteiger partial charge on any atom is 0.257 e. The molecule has 80 valence electrons. The molecular weight excluding hydrogens is 193 g/mol. The largest absolute Gasteiger partial charge is 0.333 e. The van der Waals surface area contributed by atoms with Crippen LogP contribution in [-0.4, -0.2) is 23.5 Å². The molecule has 3 heteroatoms. The standard InChI is InChI=1S/C12H14FNO/c1-9(10-5-3-2-4-6-10)14-8-7-11(13)12(14)15/h2-6,9,11H,7-8H2,1H3/t9-,11?/m0/s1. The lowest BCUT2D eigenvalue weighted by molar-refractivity contribution is -0.133. The maximum atomic E-state index is 13.1. The highest BCUT2D eigenvalue weighted by Gasteiger charge is 2.34. The van der Waals surface area contributed by atoms with Crippen LogP contribution in [0, 0.1) is 0 Å². The van der Waals surface area contributed by atoms with Crippen molar-refractivity contribution in [2.75, 3.05) is 6.54 Å². The van der Waals surface area contributed by atoms with E-state index in [0.717, 1.165) is 5.56 Å². The molecule has 0 bridgehead atoms. The van der Waals surface area contributed by atoms with E-state index in [1.165, 1.54) is 0 Å². The van der Waals surface area contributed by atoms with Gasteiger partial charge in [0.15, 0.2) is 6.17 Å². The predicted octanol–water partition coefficient (Wildman–Crippen LogP) is 2.32. The highest BCUT2D eigenvalue weighted by atomic mass is 19.1. The Kier molecular flexibility index (Phi) is 2.71. The summed E-state index contributed by atoms with van der Waals surface area (Å²) in [7, 11) is 0. The second kappa shape index (κ2) is 4.01. The van der Waals surface area contributed by atoms with Gasteiger partial charge in [-0.3, -0.25) is 4.79 Å². The summed E-state index contributed by atoms with van der Waals surface area (Å²) in [6.45, 7) is 2.46. The molecule has 2 atom stereocenters. The molecule has 1 aromatic rings. The Morgan fingerprint density at radius 1 is 1.40 bits per heavy atom. The Balaban J connectivity index is 2.16. The average molecular weight is 207 g/mol. The number of hydrogen-bond acceptors (Lipinski definition) is 1. The van der Waals surface area contributed by atoms with E-state index in [1.807, 2.05) is 37.3 Å². The van der Waals surface area contributed by atoms with Crippen LogP contribution >= 0.6 is 0 Å². The molecule has 1 amide bonds. The van der Waals surface area contributed by atoms with Crippen molar-refractivity contribution >= 4 is 5.91 Å². The van der Waals surface area contributed by atoms with E-state index in [1.54, 1.807) is 4.90 Å². The van der Waals surface area contributed by atoms with Gasteiger partial charge >= 0.3 is 0 Å². The van der Waals surface area contributed by atoms with Crippen LogP contribution < -0.4 is 0 Å². The molecular formula is C12H14FNO. The molecule has 1 aliphatic rings. The van der Waals surface area contributed by atoms with Gasteiger partial charge in [0.25, 0.3) is 5.91 Å². The summed E-state index contributed by atoms with van der Waals surface area (Å²) in [4.78, 5) is 13.1. The first-order valence-electron chi connectivity index (χ1n) is 5.19. The normalized spacial score (nSPS) is 23.2. The van der Waals surface area contributed by atoms with Crippen LogP contribution in [0.3, 0.4) is 0 Å². The van der Waals surface area contributed by atoms with Crippen molar-refractivity contribution in [2.24, 2.45) is 0 Å². The minimum atomic E-state index is -1.30. The third-order valence-corrected chi connectivity index (χ3v) is 2.92.